The van der Waals surface area contributed by atoms with Crippen molar-refractivity contribution < 1.29 is 22.6 Å². The van der Waals surface area contributed by atoms with Crippen molar-refractivity contribution in [3.63, 3.8) is 0 Å². The van der Waals surface area contributed by atoms with E-state index >= 15 is 0 Å². The first kappa shape index (κ1) is 20.4. The molecule has 2 aromatic rings. The Labute approximate surface area is 156 Å². The predicted molar refractivity (Wildman–Crippen MR) is 97.6 cm³/mol. The summed E-state index contributed by atoms with van der Waals surface area (Å²) in [7, 11) is 1.59. The molecule has 5 nitrogen and oxygen atoms in total. The second-order valence-corrected chi connectivity index (χ2v) is 5.47. The second-order valence-electron chi connectivity index (χ2n) is 5.47. The van der Waals surface area contributed by atoms with Crippen molar-refractivity contribution in [1.29, 1.82) is 0 Å². The van der Waals surface area contributed by atoms with Gasteiger partial charge in [-0.3, -0.25) is 4.99 Å². The minimum atomic E-state index is -0.755. The van der Waals surface area contributed by atoms with Gasteiger partial charge in [-0.15, -0.1) is 0 Å². The van der Waals surface area contributed by atoms with Gasteiger partial charge in [-0.05, 0) is 36.8 Å². The molecule has 0 unspecified atom stereocenters. The standard InChI is InChI=1S/C19H22F3N3O2/c1-3-26-17-6-4-13(10-15(17)21)12-25-19(23-2)24-8-9-27-18-7-5-14(20)11-16(18)22/h4-7,10-11H,3,8-9,12H2,1-2H3,(H2,23,24,25). The molecule has 0 amide bonds. The van der Waals surface area contributed by atoms with Crippen LogP contribution in [0.3, 0.4) is 0 Å². The quantitative estimate of drug-likeness (QED) is 0.419. The van der Waals surface area contributed by atoms with E-state index in [1.54, 1.807) is 26.1 Å². The van der Waals surface area contributed by atoms with Crippen molar-refractivity contribution in [3.05, 3.63) is 59.4 Å². The molecule has 0 saturated heterocycles. The fraction of sp³-hybridized carbons (Fsp3) is 0.316. The fourth-order valence-electron chi connectivity index (χ4n) is 2.26. The maximum absolute atomic E-state index is 13.8. The average molecular weight is 381 g/mol. The minimum absolute atomic E-state index is 0.0222. The molecule has 0 aliphatic heterocycles. The number of rotatable bonds is 8. The van der Waals surface area contributed by atoms with Gasteiger partial charge in [0.05, 0.1) is 13.2 Å². The Morgan fingerprint density at radius 1 is 0.963 bits per heavy atom. The smallest absolute Gasteiger partial charge is 0.191 e. The zero-order valence-corrected chi connectivity index (χ0v) is 15.2. The molecule has 0 atom stereocenters. The lowest BCUT2D eigenvalue weighted by Crippen LogP contribution is -2.38. The summed E-state index contributed by atoms with van der Waals surface area (Å²) in [6.07, 6.45) is 0. The third kappa shape index (κ3) is 6.40. The van der Waals surface area contributed by atoms with E-state index < -0.39 is 17.5 Å². The molecule has 0 spiro atoms. The molecule has 0 saturated carbocycles. The van der Waals surface area contributed by atoms with Crippen LogP contribution in [-0.2, 0) is 6.54 Å². The lowest BCUT2D eigenvalue weighted by molar-refractivity contribution is 0.304. The number of nitrogens with one attached hydrogen (secondary N) is 2. The Balaban J connectivity index is 1.76. The van der Waals surface area contributed by atoms with E-state index in [-0.39, 0.29) is 18.1 Å². The van der Waals surface area contributed by atoms with Crippen molar-refractivity contribution in [2.75, 3.05) is 26.8 Å². The largest absolute Gasteiger partial charge is 0.491 e. The summed E-state index contributed by atoms with van der Waals surface area (Å²) >= 11 is 0. The SMILES string of the molecule is CCOc1ccc(CNC(=NC)NCCOc2ccc(F)cc2F)cc1F. The summed E-state index contributed by atoms with van der Waals surface area (Å²) in [6, 6.07) is 7.86. The van der Waals surface area contributed by atoms with Gasteiger partial charge in [0.1, 0.15) is 12.4 Å². The Morgan fingerprint density at radius 3 is 2.33 bits per heavy atom. The van der Waals surface area contributed by atoms with E-state index in [1.807, 2.05) is 0 Å². The molecule has 2 aromatic carbocycles. The molecule has 0 fully saturated rings. The van der Waals surface area contributed by atoms with Crippen LogP contribution in [0.15, 0.2) is 41.4 Å². The molecular formula is C19H22F3N3O2. The summed E-state index contributed by atoms with van der Waals surface area (Å²) in [4.78, 5) is 4.04. The van der Waals surface area contributed by atoms with Crippen LogP contribution in [0.4, 0.5) is 13.2 Å². The maximum atomic E-state index is 13.8. The predicted octanol–water partition coefficient (Wildman–Crippen LogP) is 3.25. The zero-order valence-electron chi connectivity index (χ0n) is 15.2. The molecule has 8 heteroatoms. The molecule has 0 radical (unpaired) electrons. The van der Waals surface area contributed by atoms with E-state index in [0.29, 0.717) is 25.7 Å². The lowest BCUT2D eigenvalue weighted by atomic mass is 10.2. The monoisotopic (exact) mass is 381 g/mol. The van der Waals surface area contributed by atoms with Crippen LogP contribution >= 0.6 is 0 Å². The van der Waals surface area contributed by atoms with Gasteiger partial charge in [-0.25, -0.2) is 13.2 Å². The van der Waals surface area contributed by atoms with Crippen LogP contribution < -0.4 is 20.1 Å². The normalized spacial score (nSPS) is 11.2. The number of ether oxygens (including phenoxy) is 2. The van der Waals surface area contributed by atoms with Crippen LogP contribution in [0.25, 0.3) is 0 Å². The molecule has 146 valence electrons. The first-order chi connectivity index (χ1) is 13.0. The van der Waals surface area contributed by atoms with Gasteiger partial charge in [0.25, 0.3) is 0 Å². The van der Waals surface area contributed by atoms with E-state index in [0.717, 1.165) is 17.7 Å². The third-order valence-corrected chi connectivity index (χ3v) is 3.53. The zero-order chi connectivity index (χ0) is 19.6. The molecule has 0 aromatic heterocycles. The third-order valence-electron chi connectivity index (χ3n) is 3.53. The molecule has 0 aliphatic carbocycles. The van der Waals surface area contributed by atoms with E-state index in [9.17, 15) is 13.2 Å². The van der Waals surface area contributed by atoms with Gasteiger partial charge in [0.15, 0.2) is 29.1 Å². The first-order valence-corrected chi connectivity index (χ1v) is 8.47. The average Bonchev–Trinajstić information content (AvgIpc) is 2.64. The van der Waals surface area contributed by atoms with Crippen LogP contribution in [0, 0.1) is 17.5 Å². The van der Waals surface area contributed by atoms with E-state index in [4.69, 9.17) is 9.47 Å². The van der Waals surface area contributed by atoms with Crippen molar-refractivity contribution in [2.45, 2.75) is 13.5 Å². The van der Waals surface area contributed by atoms with Crippen LogP contribution in [0.2, 0.25) is 0 Å². The lowest BCUT2D eigenvalue weighted by Gasteiger charge is -2.13. The van der Waals surface area contributed by atoms with Gasteiger partial charge in [0, 0.05) is 19.7 Å². The number of hydrogen-bond acceptors (Lipinski definition) is 3. The highest BCUT2D eigenvalue weighted by Crippen LogP contribution is 2.18. The maximum Gasteiger partial charge on any atom is 0.191 e. The minimum Gasteiger partial charge on any atom is -0.491 e. The van der Waals surface area contributed by atoms with Gasteiger partial charge >= 0.3 is 0 Å². The number of benzene rings is 2. The van der Waals surface area contributed by atoms with Gasteiger partial charge < -0.3 is 20.1 Å². The first-order valence-electron chi connectivity index (χ1n) is 8.47. The van der Waals surface area contributed by atoms with Gasteiger partial charge in [-0.2, -0.15) is 0 Å². The Morgan fingerprint density at radius 2 is 1.67 bits per heavy atom. The number of guanidine groups is 1. The summed E-state index contributed by atoms with van der Waals surface area (Å²) in [5.41, 5.74) is 0.725. The summed E-state index contributed by atoms with van der Waals surface area (Å²) in [6.45, 7) is 3.04. The summed E-state index contributed by atoms with van der Waals surface area (Å²) < 4.78 is 50.5. The van der Waals surface area contributed by atoms with Crippen molar-refractivity contribution >= 4 is 5.96 Å². The number of hydrogen-bond donors (Lipinski definition) is 2. The van der Waals surface area contributed by atoms with Crippen molar-refractivity contribution in [1.82, 2.24) is 10.6 Å². The van der Waals surface area contributed by atoms with Gasteiger partial charge in [-0.1, -0.05) is 6.07 Å². The molecule has 0 bridgehead atoms. The van der Waals surface area contributed by atoms with Gasteiger partial charge in [0.2, 0.25) is 0 Å². The number of nitrogens with zero attached hydrogens (tertiary/aromatic N) is 1. The Kier molecular flexibility index (Phi) is 7.79. The molecule has 2 rings (SSSR count). The van der Waals surface area contributed by atoms with Crippen molar-refractivity contribution in [2.24, 2.45) is 4.99 Å². The van der Waals surface area contributed by atoms with Crippen LogP contribution in [-0.4, -0.2) is 32.8 Å². The molecular weight excluding hydrogens is 359 g/mol. The van der Waals surface area contributed by atoms with Crippen LogP contribution in [0.5, 0.6) is 11.5 Å². The highest BCUT2D eigenvalue weighted by atomic mass is 19.1. The molecule has 0 heterocycles. The summed E-state index contributed by atoms with van der Waals surface area (Å²) in [5.74, 6) is -1.16. The highest BCUT2D eigenvalue weighted by Gasteiger charge is 2.06. The number of aliphatic imine (C=N–C) groups is 1. The summed E-state index contributed by atoms with van der Waals surface area (Å²) in [5, 5.41) is 6.02. The Bertz CT molecular complexity index is 785. The topological polar surface area (TPSA) is 54.9 Å². The Hall–Kier alpha value is -2.90. The molecule has 27 heavy (non-hydrogen) atoms. The van der Waals surface area contributed by atoms with E-state index in [2.05, 4.69) is 15.6 Å². The van der Waals surface area contributed by atoms with Crippen LogP contribution in [0.1, 0.15) is 12.5 Å². The molecule has 0 aliphatic rings. The number of halogens is 3. The highest BCUT2D eigenvalue weighted by molar-refractivity contribution is 5.79. The van der Waals surface area contributed by atoms with Crippen molar-refractivity contribution in [3.8, 4) is 11.5 Å². The second kappa shape index (κ2) is 10.3. The van der Waals surface area contributed by atoms with E-state index in [1.165, 1.54) is 12.1 Å². The molecule has 2 N–H and O–H groups in total. The fourth-order valence-corrected chi connectivity index (χ4v) is 2.26.